The Bertz CT molecular complexity index is 423. The second-order valence-corrected chi connectivity index (χ2v) is 4.00. The van der Waals surface area contributed by atoms with Crippen LogP contribution in [0.4, 0.5) is 5.69 Å². The molecule has 92 valence electrons. The van der Waals surface area contributed by atoms with Crippen molar-refractivity contribution in [3.05, 3.63) is 29.3 Å². The number of para-hydroxylation sites is 1. The van der Waals surface area contributed by atoms with E-state index in [1.165, 1.54) is 4.90 Å². The van der Waals surface area contributed by atoms with Crippen LogP contribution in [0.1, 0.15) is 0 Å². The highest BCUT2D eigenvalue weighted by Crippen LogP contribution is 2.20. The number of anilines is 1. The highest BCUT2D eigenvalue weighted by Gasteiger charge is 2.10. The zero-order valence-electron chi connectivity index (χ0n) is 9.31. The Labute approximate surface area is 104 Å². The van der Waals surface area contributed by atoms with Gasteiger partial charge < -0.3 is 10.4 Å². The molecule has 1 rings (SSSR count). The average Bonchev–Trinajstić information content (AvgIpc) is 2.19. The normalized spacial score (nSPS) is 10.3. The maximum atomic E-state index is 11.6. The minimum Gasteiger partial charge on any atom is -0.480 e. The number of aliphatic carboxylic acids is 1. The lowest BCUT2D eigenvalue weighted by atomic mass is 10.3. The van der Waals surface area contributed by atoms with Gasteiger partial charge >= 0.3 is 5.97 Å². The summed E-state index contributed by atoms with van der Waals surface area (Å²) >= 11 is 5.87. The second kappa shape index (κ2) is 6.22. The number of amides is 1. The lowest BCUT2D eigenvalue weighted by Crippen LogP contribution is -2.33. The van der Waals surface area contributed by atoms with E-state index in [2.05, 4.69) is 5.32 Å². The molecule has 0 unspecified atom stereocenters. The largest absolute Gasteiger partial charge is 0.480 e. The van der Waals surface area contributed by atoms with Crippen LogP contribution in [0.5, 0.6) is 0 Å². The van der Waals surface area contributed by atoms with Crippen molar-refractivity contribution in [2.24, 2.45) is 0 Å². The van der Waals surface area contributed by atoms with Gasteiger partial charge in [0.1, 0.15) is 0 Å². The van der Waals surface area contributed by atoms with Crippen LogP contribution >= 0.6 is 11.6 Å². The summed E-state index contributed by atoms with van der Waals surface area (Å²) in [5.74, 6) is -1.28. The van der Waals surface area contributed by atoms with Gasteiger partial charge in [-0.2, -0.15) is 0 Å². The summed E-state index contributed by atoms with van der Waals surface area (Å²) in [4.78, 5) is 23.4. The number of benzene rings is 1. The summed E-state index contributed by atoms with van der Waals surface area (Å²) < 4.78 is 0. The summed E-state index contributed by atoms with van der Waals surface area (Å²) in [5.41, 5.74) is 0.517. The van der Waals surface area contributed by atoms with Crippen molar-refractivity contribution in [1.29, 1.82) is 0 Å². The maximum Gasteiger partial charge on any atom is 0.317 e. The SMILES string of the molecule is CN(CC(=O)O)CC(=O)Nc1ccccc1Cl. The zero-order valence-corrected chi connectivity index (χ0v) is 10.1. The fourth-order valence-electron chi connectivity index (χ4n) is 1.28. The fraction of sp³-hybridized carbons (Fsp3) is 0.273. The summed E-state index contributed by atoms with van der Waals surface area (Å²) in [7, 11) is 1.56. The third-order valence-electron chi connectivity index (χ3n) is 1.97. The Hall–Kier alpha value is -1.59. The van der Waals surface area contributed by atoms with Gasteiger partial charge in [-0.25, -0.2) is 0 Å². The van der Waals surface area contributed by atoms with Gasteiger partial charge in [-0.05, 0) is 19.2 Å². The average molecular weight is 257 g/mol. The van der Waals surface area contributed by atoms with E-state index >= 15 is 0 Å². The molecule has 1 amide bonds. The number of nitrogens with one attached hydrogen (secondary N) is 1. The number of hydrogen-bond donors (Lipinski definition) is 2. The van der Waals surface area contributed by atoms with Gasteiger partial charge in [0, 0.05) is 0 Å². The second-order valence-electron chi connectivity index (χ2n) is 3.59. The van der Waals surface area contributed by atoms with Gasteiger partial charge in [0.25, 0.3) is 0 Å². The van der Waals surface area contributed by atoms with Gasteiger partial charge in [0.05, 0.1) is 23.8 Å². The van der Waals surface area contributed by atoms with Crippen molar-refractivity contribution in [3.8, 4) is 0 Å². The standard InChI is InChI=1S/C11H13ClN2O3/c1-14(7-11(16)17)6-10(15)13-9-5-3-2-4-8(9)12/h2-5H,6-7H2,1H3,(H,13,15)(H,16,17). The molecule has 0 aliphatic carbocycles. The molecule has 1 aromatic carbocycles. The monoisotopic (exact) mass is 256 g/mol. The highest BCUT2D eigenvalue weighted by atomic mass is 35.5. The summed E-state index contributed by atoms with van der Waals surface area (Å²) in [6.07, 6.45) is 0. The van der Waals surface area contributed by atoms with Crippen LogP contribution in [-0.2, 0) is 9.59 Å². The number of carbonyl (C=O) groups excluding carboxylic acids is 1. The van der Waals surface area contributed by atoms with Gasteiger partial charge in [-0.3, -0.25) is 14.5 Å². The van der Waals surface area contributed by atoms with E-state index in [0.29, 0.717) is 10.7 Å². The molecule has 0 bridgehead atoms. The van der Waals surface area contributed by atoms with Crippen molar-refractivity contribution >= 4 is 29.2 Å². The molecular weight excluding hydrogens is 244 g/mol. The lowest BCUT2D eigenvalue weighted by molar-refractivity contribution is -0.138. The van der Waals surface area contributed by atoms with Crippen molar-refractivity contribution in [1.82, 2.24) is 4.90 Å². The molecule has 0 saturated heterocycles. The van der Waals surface area contributed by atoms with Crippen LogP contribution in [0.2, 0.25) is 5.02 Å². The molecule has 6 heteroatoms. The first-order chi connectivity index (χ1) is 7.99. The molecule has 0 saturated carbocycles. The van der Waals surface area contributed by atoms with Crippen LogP contribution in [0.3, 0.4) is 0 Å². The number of carboxylic acids is 1. The number of hydrogen-bond acceptors (Lipinski definition) is 3. The van der Waals surface area contributed by atoms with Crippen molar-refractivity contribution in [3.63, 3.8) is 0 Å². The van der Waals surface area contributed by atoms with Crippen LogP contribution in [0, 0.1) is 0 Å². The highest BCUT2D eigenvalue weighted by molar-refractivity contribution is 6.33. The molecule has 0 aliphatic heterocycles. The molecule has 0 atom stereocenters. The predicted molar refractivity (Wildman–Crippen MR) is 65.2 cm³/mol. The van der Waals surface area contributed by atoms with Crippen LogP contribution in [0.25, 0.3) is 0 Å². The lowest BCUT2D eigenvalue weighted by Gasteiger charge is -2.14. The minimum atomic E-state index is -0.974. The Morgan fingerprint density at radius 2 is 2.00 bits per heavy atom. The molecule has 1 aromatic rings. The number of rotatable bonds is 5. The number of carboxylic acid groups (broad SMARTS) is 1. The molecule has 0 aromatic heterocycles. The molecule has 5 nitrogen and oxygen atoms in total. The van der Waals surface area contributed by atoms with Gasteiger partial charge in [0.15, 0.2) is 0 Å². The van der Waals surface area contributed by atoms with Crippen LogP contribution in [-0.4, -0.2) is 42.0 Å². The minimum absolute atomic E-state index is 0.00246. The first-order valence-corrected chi connectivity index (χ1v) is 5.31. The van der Waals surface area contributed by atoms with E-state index in [1.807, 2.05) is 0 Å². The third kappa shape index (κ3) is 4.84. The topological polar surface area (TPSA) is 69.6 Å². The molecular formula is C11H13ClN2O3. The smallest absolute Gasteiger partial charge is 0.317 e. The number of carbonyl (C=O) groups is 2. The fourth-order valence-corrected chi connectivity index (χ4v) is 1.47. The van der Waals surface area contributed by atoms with Crippen molar-refractivity contribution in [2.45, 2.75) is 0 Å². The Balaban J connectivity index is 2.50. The summed E-state index contributed by atoms with van der Waals surface area (Å²) in [6, 6.07) is 6.85. The van der Waals surface area contributed by atoms with Crippen LogP contribution in [0.15, 0.2) is 24.3 Å². The first kappa shape index (κ1) is 13.5. The molecule has 0 fully saturated rings. The number of nitrogens with zero attached hydrogens (tertiary/aromatic N) is 1. The molecule has 2 N–H and O–H groups in total. The quantitative estimate of drug-likeness (QED) is 0.833. The van der Waals surface area contributed by atoms with E-state index in [-0.39, 0.29) is 19.0 Å². The van der Waals surface area contributed by atoms with E-state index in [1.54, 1.807) is 31.3 Å². The number of halogens is 1. The van der Waals surface area contributed by atoms with Crippen molar-refractivity contribution in [2.75, 3.05) is 25.5 Å². The predicted octanol–water partition coefficient (Wildman–Crippen LogP) is 1.29. The summed E-state index contributed by atoms with van der Waals surface area (Å²) in [6.45, 7) is -0.187. The van der Waals surface area contributed by atoms with Gasteiger partial charge in [0.2, 0.25) is 5.91 Å². The Kier molecular flexibility index (Phi) is 4.93. The summed E-state index contributed by atoms with van der Waals surface area (Å²) in [5, 5.41) is 11.6. The number of likely N-dealkylation sites (N-methyl/N-ethyl adjacent to an activating group) is 1. The molecule has 0 aliphatic rings. The molecule has 0 heterocycles. The molecule has 0 spiro atoms. The maximum absolute atomic E-state index is 11.6. The van der Waals surface area contributed by atoms with E-state index < -0.39 is 5.97 Å². The van der Waals surface area contributed by atoms with E-state index in [4.69, 9.17) is 16.7 Å². The van der Waals surface area contributed by atoms with Crippen molar-refractivity contribution < 1.29 is 14.7 Å². The third-order valence-corrected chi connectivity index (χ3v) is 2.30. The van der Waals surface area contributed by atoms with E-state index in [0.717, 1.165) is 0 Å². The Morgan fingerprint density at radius 3 is 2.59 bits per heavy atom. The Morgan fingerprint density at radius 1 is 1.35 bits per heavy atom. The zero-order chi connectivity index (χ0) is 12.8. The van der Waals surface area contributed by atoms with Gasteiger partial charge in [-0.1, -0.05) is 23.7 Å². The molecule has 17 heavy (non-hydrogen) atoms. The van der Waals surface area contributed by atoms with E-state index in [9.17, 15) is 9.59 Å². The van der Waals surface area contributed by atoms with Crippen LogP contribution < -0.4 is 5.32 Å². The first-order valence-electron chi connectivity index (χ1n) is 4.93. The van der Waals surface area contributed by atoms with Gasteiger partial charge in [-0.15, -0.1) is 0 Å². The molecule has 0 radical (unpaired) electrons.